The number of fused-ring (bicyclic) bond motifs is 1. The highest BCUT2D eigenvalue weighted by atomic mass is 32.1. The number of anilines is 1. The van der Waals surface area contributed by atoms with Crippen molar-refractivity contribution in [3.8, 4) is 5.75 Å². The number of benzene rings is 3. The van der Waals surface area contributed by atoms with Gasteiger partial charge in [0, 0.05) is 35.4 Å². The number of hydrogen-bond donors (Lipinski definition) is 3. The molecular formula is C25H25N3OS. The Bertz CT molecular complexity index is 1140. The maximum absolute atomic E-state index is 5.93. The van der Waals surface area contributed by atoms with Crippen LogP contribution in [-0.4, -0.2) is 16.6 Å². The van der Waals surface area contributed by atoms with Crippen molar-refractivity contribution in [3.05, 3.63) is 95.7 Å². The van der Waals surface area contributed by atoms with Crippen LogP contribution in [0.4, 0.5) is 5.69 Å². The van der Waals surface area contributed by atoms with Gasteiger partial charge < -0.3 is 20.4 Å². The Hall–Kier alpha value is -3.31. The van der Waals surface area contributed by atoms with E-state index in [1.54, 1.807) is 0 Å². The number of hydrogen-bond acceptors (Lipinski definition) is 2. The van der Waals surface area contributed by atoms with Crippen LogP contribution in [0.5, 0.6) is 5.75 Å². The Balaban J connectivity index is 1.31. The molecule has 0 bridgehead atoms. The van der Waals surface area contributed by atoms with Crippen molar-refractivity contribution in [2.24, 2.45) is 0 Å². The fourth-order valence-electron chi connectivity index (χ4n) is 3.39. The van der Waals surface area contributed by atoms with E-state index >= 15 is 0 Å². The van der Waals surface area contributed by atoms with Gasteiger partial charge in [-0.3, -0.25) is 0 Å². The highest BCUT2D eigenvalue weighted by Gasteiger charge is 2.06. The van der Waals surface area contributed by atoms with E-state index in [9.17, 15) is 0 Å². The summed E-state index contributed by atoms with van der Waals surface area (Å²) in [5.74, 6) is 0.862. The van der Waals surface area contributed by atoms with Gasteiger partial charge in [0.05, 0.1) is 0 Å². The van der Waals surface area contributed by atoms with Crippen LogP contribution >= 0.6 is 12.2 Å². The van der Waals surface area contributed by atoms with E-state index in [2.05, 4.69) is 59.1 Å². The maximum Gasteiger partial charge on any atom is 0.170 e. The zero-order valence-corrected chi connectivity index (χ0v) is 17.8. The van der Waals surface area contributed by atoms with Crippen molar-refractivity contribution in [2.45, 2.75) is 20.0 Å². The summed E-state index contributed by atoms with van der Waals surface area (Å²) in [5.41, 5.74) is 5.70. The largest absolute Gasteiger partial charge is 0.489 e. The molecular weight excluding hydrogens is 390 g/mol. The van der Waals surface area contributed by atoms with E-state index in [1.807, 2.05) is 42.5 Å². The molecule has 30 heavy (non-hydrogen) atoms. The van der Waals surface area contributed by atoms with Crippen LogP contribution < -0.4 is 15.4 Å². The summed E-state index contributed by atoms with van der Waals surface area (Å²) < 4.78 is 5.93. The number of rotatable bonds is 7. The molecule has 5 heteroatoms. The van der Waals surface area contributed by atoms with Gasteiger partial charge in [0.15, 0.2) is 5.11 Å². The summed E-state index contributed by atoms with van der Waals surface area (Å²) in [6, 6.07) is 24.5. The van der Waals surface area contributed by atoms with E-state index in [0.717, 1.165) is 35.5 Å². The second-order valence-corrected chi connectivity index (χ2v) is 7.65. The van der Waals surface area contributed by atoms with Gasteiger partial charge in [-0.1, -0.05) is 48.5 Å². The fraction of sp³-hybridized carbons (Fsp3) is 0.160. The van der Waals surface area contributed by atoms with Crippen molar-refractivity contribution in [2.75, 3.05) is 11.9 Å². The molecule has 0 saturated carbocycles. The van der Waals surface area contributed by atoms with Crippen LogP contribution in [0, 0.1) is 6.92 Å². The smallest absolute Gasteiger partial charge is 0.170 e. The van der Waals surface area contributed by atoms with Crippen molar-refractivity contribution in [1.82, 2.24) is 10.3 Å². The Morgan fingerprint density at radius 1 is 1.00 bits per heavy atom. The molecule has 4 aromatic rings. The van der Waals surface area contributed by atoms with Gasteiger partial charge >= 0.3 is 0 Å². The summed E-state index contributed by atoms with van der Waals surface area (Å²) in [4.78, 5) is 3.36. The van der Waals surface area contributed by atoms with Gasteiger partial charge in [-0.15, -0.1) is 0 Å². The molecule has 0 aliphatic rings. The molecule has 3 N–H and O–H groups in total. The van der Waals surface area contributed by atoms with Gasteiger partial charge in [0.2, 0.25) is 0 Å². The van der Waals surface area contributed by atoms with Crippen LogP contribution in [0.3, 0.4) is 0 Å². The SMILES string of the molecule is Cc1ccccc1NC(=S)NCCc1c[nH]c2cc(OCc3ccccc3)ccc12. The first-order valence-electron chi connectivity index (χ1n) is 10.1. The number of H-pyrrole nitrogens is 1. The first-order valence-corrected chi connectivity index (χ1v) is 10.5. The van der Waals surface area contributed by atoms with Crippen LogP contribution in [-0.2, 0) is 13.0 Å². The highest BCUT2D eigenvalue weighted by molar-refractivity contribution is 7.80. The van der Waals surface area contributed by atoms with Crippen molar-refractivity contribution in [1.29, 1.82) is 0 Å². The fourth-order valence-corrected chi connectivity index (χ4v) is 3.61. The van der Waals surface area contributed by atoms with Crippen molar-refractivity contribution >= 4 is 33.9 Å². The summed E-state index contributed by atoms with van der Waals surface area (Å²) in [7, 11) is 0. The van der Waals surface area contributed by atoms with Crippen LogP contribution in [0.2, 0.25) is 0 Å². The second-order valence-electron chi connectivity index (χ2n) is 7.24. The Kier molecular flexibility index (Phi) is 6.30. The summed E-state index contributed by atoms with van der Waals surface area (Å²) in [5, 5.41) is 8.40. The molecule has 1 heterocycles. The molecule has 0 aliphatic heterocycles. The number of thiocarbonyl (C=S) groups is 1. The average Bonchev–Trinajstić information content (AvgIpc) is 3.17. The third kappa shape index (κ3) is 4.99. The lowest BCUT2D eigenvalue weighted by Gasteiger charge is -2.12. The molecule has 152 valence electrons. The monoisotopic (exact) mass is 415 g/mol. The first-order chi connectivity index (χ1) is 14.7. The minimum absolute atomic E-state index is 0.565. The van der Waals surface area contributed by atoms with Gasteiger partial charge in [0.1, 0.15) is 12.4 Å². The van der Waals surface area contributed by atoms with Crippen LogP contribution in [0.25, 0.3) is 10.9 Å². The minimum Gasteiger partial charge on any atom is -0.489 e. The standard InChI is InChI=1S/C25H25N3OS/c1-18-7-5-6-10-23(18)28-25(30)26-14-13-20-16-27-24-15-21(11-12-22(20)24)29-17-19-8-3-2-4-9-19/h2-12,15-16,27H,13-14,17H2,1H3,(H2,26,28,30). The summed E-state index contributed by atoms with van der Waals surface area (Å²) in [6.07, 6.45) is 2.94. The first kappa shape index (κ1) is 20.0. The molecule has 0 atom stereocenters. The number of aromatic nitrogens is 1. The molecule has 0 fully saturated rings. The van der Waals surface area contributed by atoms with Crippen LogP contribution in [0.1, 0.15) is 16.7 Å². The van der Waals surface area contributed by atoms with Crippen molar-refractivity contribution < 1.29 is 4.74 Å². The third-order valence-corrected chi connectivity index (χ3v) is 5.31. The quantitative estimate of drug-likeness (QED) is 0.345. The number of ether oxygens (including phenoxy) is 1. The second kappa shape index (κ2) is 9.46. The molecule has 0 amide bonds. The molecule has 0 saturated heterocycles. The number of nitrogens with one attached hydrogen (secondary N) is 3. The molecule has 3 aromatic carbocycles. The van der Waals surface area contributed by atoms with E-state index in [-0.39, 0.29) is 0 Å². The lowest BCUT2D eigenvalue weighted by molar-refractivity contribution is 0.306. The zero-order chi connectivity index (χ0) is 20.8. The van der Waals surface area contributed by atoms with E-state index in [4.69, 9.17) is 17.0 Å². The normalized spacial score (nSPS) is 10.7. The molecule has 0 spiro atoms. The molecule has 0 radical (unpaired) electrons. The predicted molar refractivity (Wildman–Crippen MR) is 128 cm³/mol. The minimum atomic E-state index is 0.565. The van der Waals surface area contributed by atoms with Gasteiger partial charge in [-0.25, -0.2) is 0 Å². The van der Waals surface area contributed by atoms with Gasteiger partial charge in [-0.05, 0) is 60.5 Å². The third-order valence-electron chi connectivity index (χ3n) is 5.06. The van der Waals surface area contributed by atoms with E-state index in [1.165, 1.54) is 16.5 Å². The summed E-state index contributed by atoms with van der Waals surface area (Å²) >= 11 is 5.43. The van der Waals surface area contributed by atoms with Crippen molar-refractivity contribution in [3.63, 3.8) is 0 Å². The topological polar surface area (TPSA) is 49.1 Å². The molecule has 1 aromatic heterocycles. The van der Waals surface area contributed by atoms with Gasteiger partial charge in [0.25, 0.3) is 0 Å². The Morgan fingerprint density at radius 3 is 2.63 bits per heavy atom. The highest BCUT2D eigenvalue weighted by Crippen LogP contribution is 2.24. The van der Waals surface area contributed by atoms with Gasteiger partial charge in [-0.2, -0.15) is 0 Å². The lowest BCUT2D eigenvalue weighted by atomic mass is 10.1. The maximum atomic E-state index is 5.93. The molecule has 4 rings (SSSR count). The lowest BCUT2D eigenvalue weighted by Crippen LogP contribution is -2.30. The molecule has 0 unspecified atom stereocenters. The number of aryl methyl sites for hydroxylation is 1. The van der Waals surface area contributed by atoms with E-state index in [0.29, 0.717) is 11.7 Å². The molecule has 0 aliphatic carbocycles. The van der Waals surface area contributed by atoms with E-state index < -0.39 is 0 Å². The van der Waals surface area contributed by atoms with Crippen LogP contribution in [0.15, 0.2) is 79.0 Å². The Morgan fingerprint density at radius 2 is 1.80 bits per heavy atom. The average molecular weight is 416 g/mol. The zero-order valence-electron chi connectivity index (χ0n) is 16.9. The Labute approximate surface area is 182 Å². The predicted octanol–water partition coefficient (Wildman–Crippen LogP) is 5.58. The molecule has 4 nitrogen and oxygen atoms in total. The number of aromatic amines is 1. The number of para-hydroxylation sites is 1. The summed E-state index contributed by atoms with van der Waals surface area (Å²) in [6.45, 7) is 3.39.